The van der Waals surface area contributed by atoms with Crippen molar-refractivity contribution in [1.29, 1.82) is 0 Å². The van der Waals surface area contributed by atoms with Crippen molar-refractivity contribution in [3.8, 4) is 0 Å². The number of nitrogens with zero attached hydrogens (tertiary/aromatic N) is 4. The van der Waals surface area contributed by atoms with Crippen molar-refractivity contribution in [2.45, 2.75) is 31.8 Å². The molecule has 0 saturated carbocycles. The third kappa shape index (κ3) is 4.80. The van der Waals surface area contributed by atoms with Gasteiger partial charge in [-0.3, -0.25) is 0 Å². The highest BCUT2D eigenvalue weighted by Gasteiger charge is 2.31. The van der Waals surface area contributed by atoms with Gasteiger partial charge in [0.05, 0.1) is 13.2 Å². The predicted molar refractivity (Wildman–Crippen MR) is 126 cm³/mol. The second kappa shape index (κ2) is 9.70. The first kappa shape index (κ1) is 21.0. The van der Waals surface area contributed by atoms with E-state index < -0.39 is 0 Å². The molecule has 0 radical (unpaired) electrons. The summed E-state index contributed by atoms with van der Waals surface area (Å²) in [5, 5.41) is 5.23. The van der Waals surface area contributed by atoms with Crippen LogP contribution in [-0.4, -0.2) is 80.5 Å². The first-order chi connectivity index (χ1) is 15.3. The van der Waals surface area contributed by atoms with Gasteiger partial charge in [-0.05, 0) is 49.1 Å². The number of ether oxygens (including phenoxy) is 1. The van der Waals surface area contributed by atoms with E-state index in [1.165, 1.54) is 24.1 Å². The Morgan fingerprint density at radius 1 is 0.903 bits per heavy atom. The van der Waals surface area contributed by atoms with Gasteiger partial charge in [0.15, 0.2) is 0 Å². The smallest absolute Gasteiger partial charge is 0.0608 e. The van der Waals surface area contributed by atoms with Gasteiger partial charge in [-0.25, -0.2) is 10.0 Å². The number of rotatable bonds is 5. The summed E-state index contributed by atoms with van der Waals surface area (Å²) in [5.74, 6) is 0. The van der Waals surface area contributed by atoms with Gasteiger partial charge in [-0.1, -0.05) is 42.5 Å². The highest BCUT2D eigenvalue weighted by molar-refractivity contribution is 5.58. The minimum atomic E-state index is 0.541. The lowest BCUT2D eigenvalue weighted by atomic mass is 9.86. The van der Waals surface area contributed by atoms with E-state index in [1.54, 1.807) is 11.1 Å². The molecular weight excluding hydrogens is 384 g/mol. The summed E-state index contributed by atoms with van der Waals surface area (Å²) < 4.78 is 5.67. The van der Waals surface area contributed by atoms with E-state index >= 15 is 0 Å². The number of likely N-dealkylation sites (N-methyl/N-ethyl adjacent to an activating group) is 1. The molecule has 166 valence electrons. The molecule has 2 aliphatic heterocycles. The van der Waals surface area contributed by atoms with Crippen molar-refractivity contribution in [1.82, 2.24) is 14.9 Å². The van der Waals surface area contributed by atoms with E-state index in [-0.39, 0.29) is 0 Å². The quantitative estimate of drug-likeness (QED) is 0.740. The Kier molecular flexibility index (Phi) is 6.55. The van der Waals surface area contributed by atoms with Crippen molar-refractivity contribution in [3.63, 3.8) is 0 Å². The van der Waals surface area contributed by atoms with Crippen molar-refractivity contribution in [3.05, 3.63) is 65.2 Å². The Balaban J connectivity index is 1.40. The molecule has 2 heterocycles. The Morgan fingerprint density at radius 2 is 1.68 bits per heavy atom. The molecule has 5 rings (SSSR count). The predicted octanol–water partition coefficient (Wildman–Crippen LogP) is 3.05. The molecule has 2 aromatic carbocycles. The zero-order chi connectivity index (χ0) is 21.0. The van der Waals surface area contributed by atoms with Crippen LogP contribution in [0.25, 0.3) is 0 Å². The molecular formula is C26H36N4O. The SMILES string of the molecule is CN1CCN(c2cccc3c2CC(N(Cc2ccccc2)N2CCOCC2)CC3)CC1. The molecule has 0 aromatic heterocycles. The van der Waals surface area contributed by atoms with Crippen LogP contribution in [0.2, 0.25) is 0 Å². The molecule has 1 aliphatic carbocycles. The average molecular weight is 421 g/mol. The van der Waals surface area contributed by atoms with Crippen LogP contribution >= 0.6 is 0 Å². The number of anilines is 1. The first-order valence-electron chi connectivity index (χ1n) is 12.0. The van der Waals surface area contributed by atoms with Gasteiger partial charge in [0.2, 0.25) is 0 Å². The van der Waals surface area contributed by atoms with Crippen LogP contribution in [0.4, 0.5) is 5.69 Å². The topological polar surface area (TPSA) is 22.2 Å². The van der Waals surface area contributed by atoms with Crippen LogP contribution in [0.1, 0.15) is 23.1 Å². The Morgan fingerprint density at radius 3 is 2.45 bits per heavy atom. The fourth-order valence-electron chi connectivity index (χ4n) is 5.39. The van der Waals surface area contributed by atoms with Gasteiger partial charge < -0.3 is 14.5 Å². The lowest BCUT2D eigenvalue weighted by Gasteiger charge is -2.45. The maximum atomic E-state index is 5.67. The molecule has 0 spiro atoms. The number of piperazine rings is 1. The number of fused-ring (bicyclic) bond motifs is 1. The molecule has 0 N–H and O–H groups in total. The Hall–Kier alpha value is -1.92. The molecule has 1 unspecified atom stereocenters. The molecule has 3 aliphatic rings. The number of morpholine rings is 1. The highest BCUT2D eigenvalue weighted by atomic mass is 16.5. The zero-order valence-electron chi connectivity index (χ0n) is 18.9. The maximum Gasteiger partial charge on any atom is 0.0608 e. The largest absolute Gasteiger partial charge is 0.379 e. The molecule has 5 nitrogen and oxygen atoms in total. The summed E-state index contributed by atoms with van der Waals surface area (Å²) in [6.45, 7) is 9.22. The fraction of sp³-hybridized carbons (Fsp3) is 0.538. The van der Waals surface area contributed by atoms with Gasteiger partial charge in [-0.15, -0.1) is 0 Å². The number of hydrogen-bond donors (Lipinski definition) is 0. The van der Waals surface area contributed by atoms with Crippen LogP contribution in [0.5, 0.6) is 0 Å². The molecule has 2 saturated heterocycles. The van der Waals surface area contributed by atoms with E-state index in [9.17, 15) is 0 Å². The van der Waals surface area contributed by atoms with E-state index in [0.717, 1.165) is 65.4 Å². The fourth-order valence-corrected chi connectivity index (χ4v) is 5.39. The van der Waals surface area contributed by atoms with Crippen LogP contribution in [0.15, 0.2) is 48.5 Å². The van der Waals surface area contributed by atoms with Crippen LogP contribution in [0.3, 0.4) is 0 Å². The highest BCUT2D eigenvalue weighted by Crippen LogP contribution is 2.34. The molecule has 5 heteroatoms. The van der Waals surface area contributed by atoms with Crippen molar-refractivity contribution < 1.29 is 4.74 Å². The van der Waals surface area contributed by atoms with Gasteiger partial charge in [-0.2, -0.15) is 0 Å². The lowest BCUT2D eigenvalue weighted by molar-refractivity contribution is -0.121. The first-order valence-corrected chi connectivity index (χ1v) is 12.0. The summed E-state index contributed by atoms with van der Waals surface area (Å²) in [6.07, 6.45) is 3.54. The third-order valence-electron chi connectivity index (χ3n) is 7.24. The van der Waals surface area contributed by atoms with Crippen LogP contribution < -0.4 is 4.90 Å². The van der Waals surface area contributed by atoms with Gasteiger partial charge >= 0.3 is 0 Å². The van der Waals surface area contributed by atoms with E-state index in [2.05, 4.69) is 75.4 Å². The average Bonchev–Trinajstić information content (AvgIpc) is 2.84. The summed E-state index contributed by atoms with van der Waals surface area (Å²) >= 11 is 0. The van der Waals surface area contributed by atoms with Gasteiger partial charge in [0, 0.05) is 57.5 Å². The van der Waals surface area contributed by atoms with Gasteiger partial charge in [0.1, 0.15) is 0 Å². The number of hydrogen-bond acceptors (Lipinski definition) is 5. The monoisotopic (exact) mass is 420 g/mol. The number of hydrazine groups is 1. The summed E-state index contributed by atoms with van der Waals surface area (Å²) in [6, 6.07) is 18.5. The Bertz CT molecular complexity index is 844. The summed E-state index contributed by atoms with van der Waals surface area (Å²) in [4.78, 5) is 5.06. The minimum absolute atomic E-state index is 0.541. The molecule has 31 heavy (non-hydrogen) atoms. The maximum absolute atomic E-state index is 5.67. The summed E-state index contributed by atoms with van der Waals surface area (Å²) in [7, 11) is 2.23. The van der Waals surface area contributed by atoms with Crippen molar-refractivity contribution in [2.24, 2.45) is 0 Å². The zero-order valence-corrected chi connectivity index (χ0v) is 18.9. The summed E-state index contributed by atoms with van der Waals surface area (Å²) in [5.41, 5.74) is 6.04. The molecule has 2 fully saturated rings. The van der Waals surface area contributed by atoms with Crippen LogP contribution in [0, 0.1) is 0 Å². The molecule has 0 amide bonds. The van der Waals surface area contributed by atoms with E-state index in [4.69, 9.17) is 4.74 Å². The molecule has 1 atom stereocenters. The minimum Gasteiger partial charge on any atom is -0.379 e. The van der Waals surface area contributed by atoms with Crippen molar-refractivity contribution >= 4 is 5.69 Å². The number of benzene rings is 2. The second-order valence-electron chi connectivity index (χ2n) is 9.25. The number of aryl methyl sites for hydroxylation is 1. The molecule has 0 bridgehead atoms. The van der Waals surface area contributed by atoms with E-state index in [1.807, 2.05) is 0 Å². The molecule has 2 aromatic rings. The van der Waals surface area contributed by atoms with Gasteiger partial charge in [0.25, 0.3) is 0 Å². The second-order valence-corrected chi connectivity index (χ2v) is 9.25. The normalized spacial score (nSPS) is 23.2. The van der Waals surface area contributed by atoms with Crippen molar-refractivity contribution in [2.75, 3.05) is 64.4 Å². The van der Waals surface area contributed by atoms with Crippen LogP contribution in [-0.2, 0) is 24.1 Å². The Labute approximate surface area is 187 Å². The van der Waals surface area contributed by atoms with E-state index in [0.29, 0.717) is 6.04 Å². The third-order valence-corrected chi connectivity index (χ3v) is 7.24. The standard InChI is InChI=1S/C26H36N4O/c1-27-12-14-28(15-13-27)26-9-5-8-23-10-11-24(20-25(23)26)30(29-16-18-31-19-17-29)21-22-6-3-2-4-7-22/h2-9,24H,10-21H2,1H3. The lowest BCUT2D eigenvalue weighted by Crippen LogP contribution is -2.54.